The minimum atomic E-state index is 0.127. The number of carbonyl (C=O) groups is 2. The highest BCUT2D eigenvalue weighted by Crippen LogP contribution is 2.25. The molecule has 0 atom stereocenters. The fourth-order valence-corrected chi connectivity index (χ4v) is 4.07. The van der Waals surface area contributed by atoms with Crippen LogP contribution in [0, 0.1) is 5.92 Å². The van der Waals surface area contributed by atoms with Crippen LogP contribution in [0.25, 0.3) is 0 Å². The minimum absolute atomic E-state index is 0.127. The summed E-state index contributed by atoms with van der Waals surface area (Å²) in [5.74, 6) is 1.27. The number of nitrogens with one attached hydrogen (secondary N) is 1. The Kier molecular flexibility index (Phi) is 6.81. The van der Waals surface area contributed by atoms with Gasteiger partial charge in [-0.05, 0) is 25.7 Å². The summed E-state index contributed by atoms with van der Waals surface area (Å²) in [7, 11) is 0. The van der Waals surface area contributed by atoms with Crippen LogP contribution < -0.4 is 5.32 Å². The molecule has 0 aromatic carbocycles. The first-order valence-corrected chi connectivity index (χ1v) is 10.1. The van der Waals surface area contributed by atoms with Crippen LogP contribution >= 0.6 is 11.8 Å². The summed E-state index contributed by atoms with van der Waals surface area (Å²) in [5, 5.41) is 3.22. The maximum atomic E-state index is 12.3. The number of likely N-dealkylation sites (tertiary alicyclic amines) is 1. The highest BCUT2D eigenvalue weighted by molar-refractivity contribution is 8.01. The van der Waals surface area contributed by atoms with E-state index in [2.05, 4.69) is 26.1 Å². The number of piperidine rings is 1. The van der Waals surface area contributed by atoms with Crippen molar-refractivity contribution < 1.29 is 9.59 Å². The standard InChI is InChI=1S/C18H32N2O2S/c1-18(2,3)23-13-16(21)20-11-9-15(10-12-20)19-17(22)14-7-5-4-6-8-14/h14-15H,4-13H2,1-3H3,(H,19,22). The van der Waals surface area contributed by atoms with E-state index in [1.165, 1.54) is 19.3 Å². The zero-order chi connectivity index (χ0) is 16.9. The van der Waals surface area contributed by atoms with E-state index < -0.39 is 0 Å². The molecule has 2 aliphatic rings. The number of rotatable bonds is 4. The highest BCUT2D eigenvalue weighted by Gasteiger charge is 2.27. The van der Waals surface area contributed by atoms with Crippen LogP contribution in [0.1, 0.15) is 65.7 Å². The van der Waals surface area contributed by atoms with Crippen molar-refractivity contribution >= 4 is 23.6 Å². The first kappa shape index (κ1) is 18.6. The van der Waals surface area contributed by atoms with Crippen LogP contribution in [0.2, 0.25) is 0 Å². The van der Waals surface area contributed by atoms with Crippen molar-refractivity contribution in [2.75, 3.05) is 18.8 Å². The second-order valence-electron chi connectivity index (χ2n) is 7.90. The predicted molar refractivity (Wildman–Crippen MR) is 96.5 cm³/mol. The van der Waals surface area contributed by atoms with E-state index in [0.717, 1.165) is 38.8 Å². The maximum Gasteiger partial charge on any atom is 0.232 e. The van der Waals surface area contributed by atoms with Crippen LogP contribution in [-0.2, 0) is 9.59 Å². The summed E-state index contributed by atoms with van der Waals surface area (Å²) in [4.78, 5) is 26.5. The quantitative estimate of drug-likeness (QED) is 0.855. The van der Waals surface area contributed by atoms with E-state index in [0.29, 0.717) is 5.75 Å². The number of carbonyl (C=O) groups excluding carboxylic acids is 2. The van der Waals surface area contributed by atoms with Gasteiger partial charge in [0.2, 0.25) is 11.8 Å². The molecule has 2 fully saturated rings. The third kappa shape index (κ3) is 6.36. The second-order valence-corrected chi connectivity index (χ2v) is 9.70. The van der Waals surface area contributed by atoms with Crippen molar-refractivity contribution in [3.8, 4) is 0 Å². The van der Waals surface area contributed by atoms with Gasteiger partial charge in [0, 0.05) is 29.8 Å². The summed E-state index contributed by atoms with van der Waals surface area (Å²) in [6, 6.07) is 0.253. The minimum Gasteiger partial charge on any atom is -0.353 e. The molecule has 1 aliphatic heterocycles. The zero-order valence-corrected chi connectivity index (χ0v) is 15.7. The molecule has 1 N–H and O–H groups in total. The Morgan fingerprint density at radius 3 is 2.22 bits per heavy atom. The number of amides is 2. The van der Waals surface area contributed by atoms with Gasteiger partial charge in [-0.15, -0.1) is 11.8 Å². The van der Waals surface area contributed by atoms with Crippen LogP contribution in [-0.4, -0.2) is 46.3 Å². The summed E-state index contributed by atoms with van der Waals surface area (Å²) < 4.78 is 0.127. The summed E-state index contributed by atoms with van der Waals surface area (Å²) in [5.41, 5.74) is 0. The fraction of sp³-hybridized carbons (Fsp3) is 0.889. The van der Waals surface area contributed by atoms with Gasteiger partial charge in [0.05, 0.1) is 5.75 Å². The highest BCUT2D eigenvalue weighted by atomic mass is 32.2. The number of hydrogen-bond acceptors (Lipinski definition) is 3. The molecule has 2 amide bonds. The van der Waals surface area contributed by atoms with Crippen molar-refractivity contribution in [3.05, 3.63) is 0 Å². The summed E-state index contributed by atoms with van der Waals surface area (Å²) >= 11 is 1.70. The number of thioether (sulfide) groups is 1. The van der Waals surface area contributed by atoms with Gasteiger partial charge in [0.1, 0.15) is 0 Å². The van der Waals surface area contributed by atoms with E-state index in [1.807, 2.05) is 4.90 Å². The molecule has 1 saturated carbocycles. The Bertz CT molecular complexity index is 406. The van der Waals surface area contributed by atoms with Crippen LogP contribution in [0.4, 0.5) is 0 Å². The summed E-state index contributed by atoms with van der Waals surface area (Å²) in [6.45, 7) is 7.96. The largest absolute Gasteiger partial charge is 0.353 e. The molecule has 4 nitrogen and oxygen atoms in total. The second kappa shape index (κ2) is 8.41. The Morgan fingerprint density at radius 2 is 1.65 bits per heavy atom. The molecule has 5 heteroatoms. The van der Waals surface area contributed by atoms with E-state index in [9.17, 15) is 9.59 Å². The molecule has 0 unspecified atom stereocenters. The Labute approximate surface area is 145 Å². The van der Waals surface area contributed by atoms with Gasteiger partial charge in [-0.3, -0.25) is 9.59 Å². The molecule has 0 aromatic rings. The predicted octanol–water partition coefficient (Wildman–Crippen LogP) is 3.21. The molecule has 23 heavy (non-hydrogen) atoms. The van der Waals surface area contributed by atoms with Crippen LogP contribution in [0.5, 0.6) is 0 Å². The lowest BCUT2D eigenvalue weighted by atomic mass is 9.88. The third-order valence-electron chi connectivity index (χ3n) is 4.80. The van der Waals surface area contributed by atoms with Gasteiger partial charge < -0.3 is 10.2 Å². The lowest BCUT2D eigenvalue weighted by molar-refractivity contribution is -0.130. The van der Waals surface area contributed by atoms with Gasteiger partial charge in [0.15, 0.2) is 0 Å². The smallest absolute Gasteiger partial charge is 0.232 e. The van der Waals surface area contributed by atoms with Crippen molar-refractivity contribution in [3.63, 3.8) is 0 Å². The Morgan fingerprint density at radius 1 is 1.04 bits per heavy atom. The third-order valence-corrected chi connectivity index (χ3v) is 6.06. The van der Waals surface area contributed by atoms with Crippen LogP contribution in [0.3, 0.4) is 0 Å². The molecule has 1 aliphatic carbocycles. The molecule has 0 radical (unpaired) electrons. The Balaban J connectivity index is 1.69. The van der Waals surface area contributed by atoms with Gasteiger partial charge in [-0.2, -0.15) is 0 Å². The average molecular weight is 341 g/mol. The maximum absolute atomic E-state index is 12.3. The molecule has 132 valence electrons. The number of nitrogens with zero attached hydrogens (tertiary/aromatic N) is 1. The topological polar surface area (TPSA) is 49.4 Å². The van der Waals surface area contributed by atoms with E-state index >= 15 is 0 Å². The van der Waals surface area contributed by atoms with E-state index in [-0.39, 0.29) is 28.5 Å². The molecular weight excluding hydrogens is 308 g/mol. The van der Waals surface area contributed by atoms with Crippen molar-refractivity contribution in [1.29, 1.82) is 0 Å². The van der Waals surface area contributed by atoms with Gasteiger partial charge in [0.25, 0.3) is 0 Å². The molecule has 1 saturated heterocycles. The lowest BCUT2D eigenvalue weighted by Crippen LogP contribution is -2.48. The lowest BCUT2D eigenvalue weighted by Gasteiger charge is -2.34. The molecule has 0 spiro atoms. The normalized spacial score (nSPS) is 21.3. The van der Waals surface area contributed by atoms with Gasteiger partial charge in [-0.1, -0.05) is 40.0 Å². The molecule has 2 rings (SSSR count). The van der Waals surface area contributed by atoms with Crippen molar-refractivity contribution in [1.82, 2.24) is 10.2 Å². The van der Waals surface area contributed by atoms with Gasteiger partial charge in [-0.25, -0.2) is 0 Å². The van der Waals surface area contributed by atoms with Crippen molar-refractivity contribution in [2.45, 2.75) is 76.5 Å². The molecular formula is C18H32N2O2S. The zero-order valence-electron chi connectivity index (χ0n) is 14.9. The monoisotopic (exact) mass is 340 g/mol. The van der Waals surface area contributed by atoms with Gasteiger partial charge >= 0.3 is 0 Å². The summed E-state index contributed by atoms with van der Waals surface area (Å²) in [6.07, 6.45) is 7.54. The molecule has 0 bridgehead atoms. The molecule has 1 heterocycles. The average Bonchev–Trinajstić information content (AvgIpc) is 2.53. The molecule has 0 aromatic heterocycles. The first-order valence-electron chi connectivity index (χ1n) is 9.07. The fourth-order valence-electron chi connectivity index (χ4n) is 3.33. The van der Waals surface area contributed by atoms with Crippen molar-refractivity contribution in [2.24, 2.45) is 5.92 Å². The number of hydrogen-bond donors (Lipinski definition) is 1. The Hall–Kier alpha value is -0.710. The first-order chi connectivity index (χ1) is 10.8. The van der Waals surface area contributed by atoms with E-state index in [1.54, 1.807) is 11.8 Å². The SMILES string of the molecule is CC(C)(C)SCC(=O)N1CCC(NC(=O)C2CCCCC2)CC1. The van der Waals surface area contributed by atoms with E-state index in [4.69, 9.17) is 0 Å². The van der Waals surface area contributed by atoms with Crippen LogP contribution in [0.15, 0.2) is 0 Å².